The average Bonchev–Trinajstić information content (AvgIpc) is 1.96. The van der Waals surface area contributed by atoms with Gasteiger partial charge in [0.1, 0.15) is 12.8 Å². The van der Waals surface area contributed by atoms with Crippen molar-refractivity contribution < 1.29 is 9.63 Å². The maximum absolute atomic E-state index is 11.8. The molecule has 0 aliphatic heterocycles. The van der Waals surface area contributed by atoms with Gasteiger partial charge in [0, 0.05) is 11.3 Å². The van der Waals surface area contributed by atoms with E-state index in [0.717, 1.165) is 0 Å². The Balaban J connectivity index is 4.79. The van der Waals surface area contributed by atoms with Gasteiger partial charge in [0.15, 0.2) is 5.78 Å². The number of ketones is 1. The highest BCUT2D eigenvalue weighted by atomic mass is 16.6. The predicted octanol–water partition coefficient (Wildman–Crippen LogP) is 2.26. The second-order valence-electron chi connectivity index (χ2n) is 4.39. The molecule has 0 N–H and O–H groups in total. The fourth-order valence-electron chi connectivity index (χ4n) is 0.892. The number of rotatable bonds is 3. The highest BCUT2D eigenvalue weighted by Gasteiger charge is 2.28. The zero-order chi connectivity index (χ0) is 10.6. The number of carbonyl (C=O) groups excluding carboxylic acids is 1. The zero-order valence-corrected chi connectivity index (χ0v) is 9.34. The largest absolute Gasteiger partial charge is 0.399 e. The van der Waals surface area contributed by atoms with E-state index in [2.05, 4.69) is 9.99 Å². The molecule has 0 rings (SSSR count). The molecule has 0 radical (unpaired) electrons. The van der Waals surface area contributed by atoms with E-state index < -0.39 is 0 Å². The lowest BCUT2D eigenvalue weighted by Gasteiger charge is -2.19. The van der Waals surface area contributed by atoms with Gasteiger partial charge in [-0.05, 0) is 0 Å². The van der Waals surface area contributed by atoms with Crippen molar-refractivity contribution in [2.45, 2.75) is 34.6 Å². The topological polar surface area (TPSA) is 38.7 Å². The normalized spacial score (nSPS) is 13.3. The number of hydrogen-bond donors (Lipinski definition) is 0. The number of nitrogens with zero attached hydrogens (tertiary/aromatic N) is 1. The molecule has 76 valence electrons. The number of carbonyl (C=O) groups is 1. The van der Waals surface area contributed by atoms with Gasteiger partial charge in [-0.2, -0.15) is 0 Å². The van der Waals surface area contributed by atoms with E-state index in [-0.39, 0.29) is 17.1 Å². The molecule has 0 aromatic carbocycles. The molecule has 0 bridgehead atoms. The van der Waals surface area contributed by atoms with Gasteiger partial charge in [0.2, 0.25) is 0 Å². The molecule has 13 heavy (non-hydrogen) atoms. The fourth-order valence-corrected chi connectivity index (χ4v) is 0.892. The first-order chi connectivity index (χ1) is 5.80. The summed E-state index contributed by atoms with van der Waals surface area (Å²) in [6.07, 6.45) is 0. The van der Waals surface area contributed by atoms with E-state index in [9.17, 15) is 4.79 Å². The monoisotopic (exact) mass is 185 g/mol. The minimum absolute atomic E-state index is 0.0457. The van der Waals surface area contributed by atoms with Crippen LogP contribution in [0.3, 0.4) is 0 Å². The van der Waals surface area contributed by atoms with Gasteiger partial charge in [-0.1, -0.05) is 39.8 Å². The lowest BCUT2D eigenvalue weighted by Crippen LogP contribution is -2.32. The summed E-state index contributed by atoms with van der Waals surface area (Å²) in [6.45, 7) is 9.50. The van der Waals surface area contributed by atoms with Gasteiger partial charge in [0.25, 0.3) is 0 Å². The molecule has 0 aliphatic carbocycles. The summed E-state index contributed by atoms with van der Waals surface area (Å²) in [6, 6.07) is 0. The van der Waals surface area contributed by atoms with Crippen molar-refractivity contribution in [3.8, 4) is 0 Å². The number of Topliss-reactive ketones (excluding diaryl/α,β-unsaturated/α-hetero) is 1. The summed E-state index contributed by atoms with van der Waals surface area (Å²) in [4.78, 5) is 16.4. The van der Waals surface area contributed by atoms with E-state index in [1.165, 1.54) is 7.11 Å². The van der Waals surface area contributed by atoms with Crippen molar-refractivity contribution in [2.75, 3.05) is 7.11 Å². The van der Waals surface area contributed by atoms with Crippen molar-refractivity contribution in [1.29, 1.82) is 0 Å². The van der Waals surface area contributed by atoms with Crippen LogP contribution in [0.1, 0.15) is 34.6 Å². The maximum Gasteiger partial charge on any atom is 0.185 e. The number of oxime groups is 1. The van der Waals surface area contributed by atoms with Crippen LogP contribution in [-0.2, 0) is 9.63 Å². The van der Waals surface area contributed by atoms with Gasteiger partial charge >= 0.3 is 0 Å². The molecule has 0 amide bonds. The summed E-state index contributed by atoms with van der Waals surface area (Å²) in [7, 11) is 1.46. The SMILES string of the molecule is CO/N=C(/C(=O)C(C)(C)C)C(C)C. The first kappa shape index (κ1) is 12.1. The van der Waals surface area contributed by atoms with Crippen LogP contribution in [0, 0.1) is 11.3 Å². The lowest BCUT2D eigenvalue weighted by atomic mass is 9.85. The van der Waals surface area contributed by atoms with Gasteiger partial charge in [-0.15, -0.1) is 0 Å². The summed E-state index contributed by atoms with van der Waals surface area (Å²) < 4.78 is 0. The van der Waals surface area contributed by atoms with E-state index in [1.54, 1.807) is 0 Å². The Labute approximate surface area is 80.1 Å². The molecular weight excluding hydrogens is 166 g/mol. The highest BCUT2D eigenvalue weighted by Crippen LogP contribution is 2.18. The van der Waals surface area contributed by atoms with Crippen LogP contribution in [-0.4, -0.2) is 18.6 Å². The molecule has 3 nitrogen and oxygen atoms in total. The van der Waals surface area contributed by atoms with Crippen LogP contribution >= 0.6 is 0 Å². The van der Waals surface area contributed by atoms with Crippen LogP contribution in [0.5, 0.6) is 0 Å². The van der Waals surface area contributed by atoms with Crippen LogP contribution in [0.25, 0.3) is 0 Å². The summed E-state index contributed by atoms with van der Waals surface area (Å²) >= 11 is 0. The quantitative estimate of drug-likeness (QED) is 0.499. The summed E-state index contributed by atoms with van der Waals surface area (Å²) in [5.41, 5.74) is 0.122. The highest BCUT2D eigenvalue weighted by molar-refractivity contribution is 6.41. The fraction of sp³-hybridized carbons (Fsp3) is 0.800. The first-order valence-electron chi connectivity index (χ1n) is 4.46. The van der Waals surface area contributed by atoms with E-state index >= 15 is 0 Å². The van der Waals surface area contributed by atoms with Gasteiger partial charge in [0.05, 0.1) is 0 Å². The van der Waals surface area contributed by atoms with Crippen LogP contribution < -0.4 is 0 Å². The third-order valence-electron chi connectivity index (χ3n) is 1.65. The second kappa shape index (κ2) is 4.40. The number of hydrogen-bond acceptors (Lipinski definition) is 3. The Morgan fingerprint density at radius 1 is 1.31 bits per heavy atom. The summed E-state index contributed by atoms with van der Waals surface area (Å²) in [5, 5.41) is 3.76. The molecule has 0 saturated carbocycles. The van der Waals surface area contributed by atoms with Crippen molar-refractivity contribution in [3.05, 3.63) is 0 Å². The van der Waals surface area contributed by atoms with E-state index in [4.69, 9.17) is 0 Å². The van der Waals surface area contributed by atoms with E-state index in [1.807, 2.05) is 34.6 Å². The Bertz CT molecular complexity index is 211. The van der Waals surface area contributed by atoms with Crippen molar-refractivity contribution in [3.63, 3.8) is 0 Å². The molecule has 0 heterocycles. The minimum atomic E-state index is -0.387. The van der Waals surface area contributed by atoms with Crippen molar-refractivity contribution in [2.24, 2.45) is 16.5 Å². The third kappa shape index (κ3) is 3.57. The van der Waals surface area contributed by atoms with Crippen molar-refractivity contribution in [1.82, 2.24) is 0 Å². The molecule has 0 aromatic heterocycles. The molecule has 0 spiro atoms. The standard InChI is InChI=1S/C10H19NO2/c1-7(2)8(11-13-6)9(12)10(3,4)5/h7H,1-6H3/b11-8+. The predicted molar refractivity (Wildman–Crippen MR) is 53.7 cm³/mol. The molecule has 0 atom stereocenters. The van der Waals surface area contributed by atoms with Crippen molar-refractivity contribution >= 4 is 11.5 Å². The van der Waals surface area contributed by atoms with Gasteiger partial charge < -0.3 is 4.84 Å². The maximum atomic E-state index is 11.8. The molecule has 0 saturated heterocycles. The Kier molecular flexibility index (Phi) is 4.11. The third-order valence-corrected chi connectivity index (χ3v) is 1.65. The van der Waals surface area contributed by atoms with Crippen LogP contribution in [0.2, 0.25) is 0 Å². The Morgan fingerprint density at radius 3 is 2.00 bits per heavy atom. The Hall–Kier alpha value is -0.860. The lowest BCUT2D eigenvalue weighted by molar-refractivity contribution is -0.120. The first-order valence-corrected chi connectivity index (χ1v) is 4.46. The van der Waals surface area contributed by atoms with Gasteiger partial charge in [-0.3, -0.25) is 4.79 Å². The van der Waals surface area contributed by atoms with E-state index in [0.29, 0.717) is 5.71 Å². The average molecular weight is 185 g/mol. The summed E-state index contributed by atoms with van der Waals surface area (Å²) in [5.74, 6) is 0.149. The second-order valence-corrected chi connectivity index (χ2v) is 4.39. The van der Waals surface area contributed by atoms with Crippen LogP contribution in [0.15, 0.2) is 5.16 Å². The molecule has 0 unspecified atom stereocenters. The van der Waals surface area contributed by atoms with Gasteiger partial charge in [-0.25, -0.2) is 0 Å². The Morgan fingerprint density at radius 2 is 1.77 bits per heavy atom. The zero-order valence-electron chi connectivity index (χ0n) is 9.34. The molecule has 0 aliphatic rings. The van der Waals surface area contributed by atoms with Crippen LogP contribution in [0.4, 0.5) is 0 Å². The minimum Gasteiger partial charge on any atom is -0.399 e. The molecular formula is C10H19NO2. The molecule has 3 heteroatoms. The molecule has 0 aromatic rings. The molecule has 0 fully saturated rings. The smallest absolute Gasteiger partial charge is 0.185 e.